The molecule has 0 bridgehead atoms. The van der Waals surface area contributed by atoms with Crippen LogP contribution in [0.5, 0.6) is 0 Å². The van der Waals surface area contributed by atoms with Crippen molar-refractivity contribution in [3.05, 3.63) is 0 Å². The Labute approximate surface area is 139 Å². The van der Waals surface area contributed by atoms with Gasteiger partial charge in [-0.1, -0.05) is 40.5 Å². The van der Waals surface area contributed by atoms with Crippen LogP contribution in [0.25, 0.3) is 0 Å². The van der Waals surface area contributed by atoms with E-state index in [2.05, 4.69) is 26.1 Å². The van der Waals surface area contributed by atoms with Gasteiger partial charge >= 0.3 is 0 Å². The van der Waals surface area contributed by atoms with Crippen LogP contribution in [0.1, 0.15) is 53.4 Å². The third-order valence-corrected chi connectivity index (χ3v) is 3.78. The van der Waals surface area contributed by atoms with Gasteiger partial charge in [-0.15, -0.1) is 0 Å². The summed E-state index contributed by atoms with van der Waals surface area (Å²) in [5, 5.41) is 2.43. The summed E-state index contributed by atoms with van der Waals surface area (Å²) >= 11 is 0. The van der Waals surface area contributed by atoms with Crippen molar-refractivity contribution in [1.29, 1.82) is 0 Å². The third-order valence-electron chi connectivity index (χ3n) is 3.78. The molecule has 134 valence electrons. The molecule has 7 nitrogen and oxygen atoms in total. The van der Waals surface area contributed by atoms with Crippen molar-refractivity contribution in [2.45, 2.75) is 65.5 Å². The summed E-state index contributed by atoms with van der Waals surface area (Å²) < 4.78 is 0. The lowest BCUT2D eigenvalue weighted by Gasteiger charge is -2.26. The van der Waals surface area contributed by atoms with Crippen LogP contribution in [0.2, 0.25) is 0 Å². The van der Waals surface area contributed by atoms with Gasteiger partial charge in [0, 0.05) is 6.54 Å². The zero-order chi connectivity index (χ0) is 18.0. The molecule has 1 fully saturated rings. The van der Waals surface area contributed by atoms with Gasteiger partial charge in [-0.2, -0.15) is 0 Å². The first kappa shape index (κ1) is 21.4. The van der Waals surface area contributed by atoms with E-state index in [9.17, 15) is 14.4 Å². The van der Waals surface area contributed by atoms with Crippen LogP contribution in [-0.4, -0.2) is 47.8 Å². The number of amides is 3. The third kappa shape index (κ3) is 7.97. The van der Waals surface area contributed by atoms with Crippen molar-refractivity contribution >= 4 is 17.7 Å². The highest BCUT2D eigenvalue weighted by molar-refractivity contribution is 5.92. The van der Waals surface area contributed by atoms with E-state index in [1.165, 1.54) is 11.3 Å². The van der Waals surface area contributed by atoms with Crippen molar-refractivity contribution in [1.82, 2.24) is 10.2 Å². The number of nitrogens with two attached hydrogens (primary N) is 2. The molecule has 0 saturated carbocycles. The minimum absolute atomic E-state index is 0.206. The highest BCUT2D eigenvalue weighted by Crippen LogP contribution is 2.16. The van der Waals surface area contributed by atoms with Crippen molar-refractivity contribution in [2.75, 3.05) is 13.1 Å². The second-order valence-electron chi connectivity index (χ2n) is 6.22. The van der Waals surface area contributed by atoms with Gasteiger partial charge in [0.2, 0.25) is 17.7 Å². The Balaban J connectivity index is 0.000000841. The van der Waals surface area contributed by atoms with Gasteiger partial charge in [-0.25, -0.2) is 0 Å². The minimum Gasteiger partial charge on any atom is -0.368 e. The van der Waals surface area contributed by atoms with Gasteiger partial charge in [0.1, 0.15) is 6.04 Å². The standard InChI is InChI=1S/C11H20N4O3.C5H12/c1-2-3-8(10(17)14-6-9(13)16)15-5-4-7(12)11(15)18;1-4-5(2)3/h7-8H,2-6,12H2,1H3,(H2,13,16)(H,14,17);5H,4H2,1-3H3/t7-,8+;/m1./s1. The molecule has 2 atom stereocenters. The van der Waals surface area contributed by atoms with Crippen LogP contribution in [0.3, 0.4) is 0 Å². The monoisotopic (exact) mass is 328 g/mol. The van der Waals surface area contributed by atoms with Gasteiger partial charge < -0.3 is 21.7 Å². The van der Waals surface area contributed by atoms with E-state index in [1.807, 2.05) is 6.92 Å². The quantitative estimate of drug-likeness (QED) is 0.625. The molecule has 1 aliphatic rings. The number of likely N-dealkylation sites (tertiary alicyclic amines) is 1. The van der Waals surface area contributed by atoms with Gasteiger partial charge in [0.15, 0.2) is 0 Å². The number of nitrogens with zero attached hydrogens (tertiary/aromatic N) is 1. The predicted octanol–water partition coefficient (Wildman–Crippen LogP) is 0.369. The van der Waals surface area contributed by atoms with Crippen LogP contribution in [0.4, 0.5) is 0 Å². The largest absolute Gasteiger partial charge is 0.368 e. The molecule has 0 aromatic heterocycles. The fourth-order valence-electron chi connectivity index (χ4n) is 2.03. The Kier molecular flexibility index (Phi) is 10.2. The lowest BCUT2D eigenvalue weighted by atomic mass is 10.1. The molecule has 0 spiro atoms. The average Bonchev–Trinajstić information content (AvgIpc) is 2.82. The maximum atomic E-state index is 11.9. The van der Waals surface area contributed by atoms with Crippen LogP contribution < -0.4 is 16.8 Å². The summed E-state index contributed by atoms with van der Waals surface area (Å²) in [5.74, 6) is -0.279. The zero-order valence-electron chi connectivity index (χ0n) is 14.8. The Bertz CT molecular complexity index is 399. The normalized spacial score (nSPS) is 18.4. The second-order valence-corrected chi connectivity index (χ2v) is 6.22. The fraction of sp³-hybridized carbons (Fsp3) is 0.812. The molecule has 0 aliphatic carbocycles. The molecular formula is C16H32N4O3. The molecule has 0 unspecified atom stereocenters. The molecule has 7 heteroatoms. The number of hydrogen-bond donors (Lipinski definition) is 3. The van der Waals surface area contributed by atoms with Gasteiger partial charge in [0.25, 0.3) is 0 Å². The molecule has 23 heavy (non-hydrogen) atoms. The molecule has 5 N–H and O–H groups in total. The van der Waals surface area contributed by atoms with Crippen LogP contribution >= 0.6 is 0 Å². The number of nitrogens with one attached hydrogen (secondary N) is 1. The van der Waals surface area contributed by atoms with Crippen LogP contribution in [-0.2, 0) is 14.4 Å². The number of carbonyl (C=O) groups excluding carboxylic acids is 3. The number of hydrogen-bond acceptors (Lipinski definition) is 4. The maximum absolute atomic E-state index is 11.9. The van der Waals surface area contributed by atoms with Crippen molar-refractivity contribution in [3.8, 4) is 0 Å². The Hall–Kier alpha value is -1.63. The molecular weight excluding hydrogens is 296 g/mol. The summed E-state index contributed by atoms with van der Waals surface area (Å²) in [6, 6.07) is -1.08. The molecule has 0 radical (unpaired) electrons. The Morgan fingerprint density at radius 3 is 2.26 bits per heavy atom. The van der Waals surface area contributed by atoms with Gasteiger partial charge in [-0.3, -0.25) is 14.4 Å². The fourth-order valence-corrected chi connectivity index (χ4v) is 2.03. The van der Waals surface area contributed by atoms with Crippen LogP contribution in [0, 0.1) is 5.92 Å². The van der Waals surface area contributed by atoms with Crippen LogP contribution in [0.15, 0.2) is 0 Å². The van der Waals surface area contributed by atoms with E-state index in [-0.39, 0.29) is 18.4 Å². The Morgan fingerprint density at radius 1 is 1.35 bits per heavy atom. The summed E-state index contributed by atoms with van der Waals surface area (Å²) in [6.45, 7) is 8.83. The zero-order valence-corrected chi connectivity index (χ0v) is 14.8. The first-order valence-electron chi connectivity index (χ1n) is 8.36. The van der Waals surface area contributed by atoms with Gasteiger partial charge in [-0.05, 0) is 18.8 Å². The summed E-state index contributed by atoms with van der Waals surface area (Å²) in [4.78, 5) is 35.8. The first-order valence-corrected chi connectivity index (χ1v) is 8.36. The van der Waals surface area contributed by atoms with Crippen molar-refractivity contribution in [3.63, 3.8) is 0 Å². The second kappa shape index (κ2) is 11.0. The van der Waals surface area contributed by atoms with E-state index in [0.29, 0.717) is 19.4 Å². The van der Waals surface area contributed by atoms with Gasteiger partial charge in [0.05, 0.1) is 12.6 Å². The molecule has 1 aliphatic heterocycles. The van der Waals surface area contributed by atoms with E-state index in [4.69, 9.17) is 11.5 Å². The number of rotatable bonds is 7. The number of primary amides is 1. The molecule has 1 saturated heterocycles. The Morgan fingerprint density at radius 2 is 1.91 bits per heavy atom. The van der Waals surface area contributed by atoms with E-state index in [0.717, 1.165) is 12.3 Å². The molecule has 3 amide bonds. The highest BCUT2D eigenvalue weighted by atomic mass is 16.2. The van der Waals surface area contributed by atoms with E-state index >= 15 is 0 Å². The molecule has 0 aromatic rings. The minimum atomic E-state index is -0.608. The lowest BCUT2D eigenvalue weighted by Crippen LogP contribution is -2.50. The SMILES string of the molecule is CCC(C)C.CCC[C@@H](C(=O)NCC(N)=O)N1CC[C@@H](N)C1=O. The molecule has 0 aromatic carbocycles. The maximum Gasteiger partial charge on any atom is 0.243 e. The van der Waals surface area contributed by atoms with E-state index in [1.54, 1.807) is 0 Å². The summed E-state index contributed by atoms with van der Waals surface area (Å²) in [7, 11) is 0. The smallest absolute Gasteiger partial charge is 0.243 e. The molecule has 1 rings (SSSR count). The number of carbonyl (C=O) groups is 3. The van der Waals surface area contributed by atoms with Crippen molar-refractivity contribution < 1.29 is 14.4 Å². The highest BCUT2D eigenvalue weighted by Gasteiger charge is 2.36. The average molecular weight is 328 g/mol. The molecule has 1 heterocycles. The van der Waals surface area contributed by atoms with Crippen molar-refractivity contribution in [2.24, 2.45) is 17.4 Å². The summed E-state index contributed by atoms with van der Waals surface area (Å²) in [5.41, 5.74) is 10.6. The predicted molar refractivity (Wildman–Crippen MR) is 90.3 cm³/mol. The topological polar surface area (TPSA) is 119 Å². The first-order chi connectivity index (χ1) is 10.7. The van der Waals surface area contributed by atoms with E-state index < -0.39 is 18.0 Å². The summed E-state index contributed by atoms with van der Waals surface area (Å²) in [6.07, 6.45) is 3.17. The lowest BCUT2D eigenvalue weighted by molar-refractivity contribution is -0.138.